The second-order valence-electron chi connectivity index (χ2n) is 4.46. The summed E-state index contributed by atoms with van der Waals surface area (Å²) in [5, 5.41) is 0. The Morgan fingerprint density at radius 3 is 2.62 bits per heavy atom. The highest BCUT2D eigenvalue weighted by atomic mass is 16.5. The van der Waals surface area contributed by atoms with Gasteiger partial charge in [-0.25, -0.2) is 0 Å². The second-order valence-corrected chi connectivity index (χ2v) is 4.46. The van der Waals surface area contributed by atoms with Gasteiger partial charge in [-0.1, -0.05) is 20.3 Å². The van der Waals surface area contributed by atoms with Gasteiger partial charge in [-0.05, 0) is 30.6 Å². The fraction of sp³-hybridized carbons (Fsp3) is 0.909. The molecule has 3 atom stereocenters. The molecule has 0 aromatic carbocycles. The molecule has 1 fully saturated rings. The van der Waals surface area contributed by atoms with Crippen molar-refractivity contribution in [3.63, 3.8) is 0 Å². The van der Waals surface area contributed by atoms with Gasteiger partial charge >= 0.3 is 5.97 Å². The van der Waals surface area contributed by atoms with Crippen LogP contribution in [-0.4, -0.2) is 12.6 Å². The number of carbonyl (C=O) groups is 1. The monoisotopic (exact) mass is 184 g/mol. The zero-order chi connectivity index (χ0) is 9.84. The molecule has 0 unspecified atom stereocenters. The van der Waals surface area contributed by atoms with Crippen molar-refractivity contribution in [3.8, 4) is 0 Å². The van der Waals surface area contributed by atoms with Crippen LogP contribution >= 0.6 is 0 Å². The van der Waals surface area contributed by atoms with Crippen molar-refractivity contribution in [2.45, 2.75) is 40.0 Å². The Morgan fingerprint density at radius 1 is 1.38 bits per heavy atom. The van der Waals surface area contributed by atoms with Gasteiger partial charge in [0.05, 0.1) is 6.61 Å². The Labute approximate surface area is 80.7 Å². The summed E-state index contributed by atoms with van der Waals surface area (Å²) < 4.78 is 5.05. The maximum atomic E-state index is 10.6. The van der Waals surface area contributed by atoms with Crippen LogP contribution in [0.1, 0.15) is 40.0 Å². The molecule has 0 bridgehead atoms. The molecule has 0 aromatic heterocycles. The quantitative estimate of drug-likeness (QED) is 0.617. The van der Waals surface area contributed by atoms with Gasteiger partial charge in [0.1, 0.15) is 0 Å². The lowest BCUT2D eigenvalue weighted by Gasteiger charge is -2.31. The van der Waals surface area contributed by atoms with E-state index in [1.54, 1.807) is 0 Å². The summed E-state index contributed by atoms with van der Waals surface area (Å²) >= 11 is 0. The van der Waals surface area contributed by atoms with E-state index in [9.17, 15) is 4.79 Å². The van der Waals surface area contributed by atoms with Crippen LogP contribution in [0.5, 0.6) is 0 Å². The van der Waals surface area contributed by atoms with Crippen LogP contribution in [0.25, 0.3) is 0 Å². The van der Waals surface area contributed by atoms with Crippen LogP contribution in [0.2, 0.25) is 0 Å². The van der Waals surface area contributed by atoms with Crippen molar-refractivity contribution in [1.82, 2.24) is 0 Å². The molecule has 1 rings (SSSR count). The van der Waals surface area contributed by atoms with Crippen molar-refractivity contribution in [2.24, 2.45) is 17.8 Å². The molecule has 0 N–H and O–H groups in total. The van der Waals surface area contributed by atoms with Gasteiger partial charge in [-0.15, -0.1) is 0 Å². The molecule has 1 aliphatic rings. The Kier molecular flexibility index (Phi) is 3.76. The first-order valence-electron chi connectivity index (χ1n) is 5.23. The number of carbonyl (C=O) groups excluding carboxylic acids is 1. The molecule has 13 heavy (non-hydrogen) atoms. The Balaban J connectivity index is 2.29. The fourth-order valence-corrected chi connectivity index (χ4v) is 2.20. The number of esters is 1. The maximum Gasteiger partial charge on any atom is 0.302 e. The first kappa shape index (κ1) is 10.6. The highest BCUT2D eigenvalue weighted by Crippen LogP contribution is 2.33. The first-order chi connectivity index (χ1) is 6.09. The molecule has 0 aromatic rings. The number of rotatable bonds is 2. The Hall–Kier alpha value is -0.530. The van der Waals surface area contributed by atoms with E-state index in [0.717, 1.165) is 5.92 Å². The van der Waals surface area contributed by atoms with Crippen LogP contribution in [0.15, 0.2) is 0 Å². The number of hydrogen-bond donors (Lipinski definition) is 0. The first-order valence-corrected chi connectivity index (χ1v) is 5.23. The van der Waals surface area contributed by atoms with Crippen LogP contribution in [0.4, 0.5) is 0 Å². The smallest absolute Gasteiger partial charge is 0.302 e. The molecule has 1 saturated carbocycles. The van der Waals surface area contributed by atoms with E-state index in [-0.39, 0.29) is 5.97 Å². The molecule has 76 valence electrons. The van der Waals surface area contributed by atoms with Crippen molar-refractivity contribution in [3.05, 3.63) is 0 Å². The molecule has 0 radical (unpaired) electrons. The van der Waals surface area contributed by atoms with E-state index >= 15 is 0 Å². The summed E-state index contributed by atoms with van der Waals surface area (Å²) in [4.78, 5) is 10.6. The fourth-order valence-electron chi connectivity index (χ4n) is 2.20. The highest BCUT2D eigenvalue weighted by molar-refractivity contribution is 5.65. The predicted octanol–water partition coefficient (Wildman–Crippen LogP) is 2.62. The Bertz CT molecular complexity index is 177. The minimum atomic E-state index is -0.147. The van der Waals surface area contributed by atoms with Gasteiger partial charge in [0.2, 0.25) is 0 Å². The van der Waals surface area contributed by atoms with Crippen molar-refractivity contribution in [2.75, 3.05) is 6.61 Å². The maximum absolute atomic E-state index is 10.6. The summed E-state index contributed by atoms with van der Waals surface area (Å²) in [7, 11) is 0. The SMILES string of the molecule is CC(=O)OC[C@H]1CC[C@H](C)C[C@H]1C. The van der Waals surface area contributed by atoms with Gasteiger partial charge in [-0.3, -0.25) is 4.79 Å². The minimum Gasteiger partial charge on any atom is -0.466 e. The second kappa shape index (κ2) is 4.64. The lowest BCUT2D eigenvalue weighted by molar-refractivity contribution is -0.143. The van der Waals surface area contributed by atoms with Crippen molar-refractivity contribution < 1.29 is 9.53 Å². The van der Waals surface area contributed by atoms with Gasteiger partial charge < -0.3 is 4.74 Å². The molecule has 0 saturated heterocycles. The van der Waals surface area contributed by atoms with Gasteiger partial charge in [0.15, 0.2) is 0 Å². The molecule has 0 spiro atoms. The average Bonchev–Trinajstić information content (AvgIpc) is 2.02. The van der Waals surface area contributed by atoms with Gasteiger partial charge in [-0.2, -0.15) is 0 Å². The van der Waals surface area contributed by atoms with Crippen LogP contribution in [-0.2, 0) is 9.53 Å². The third kappa shape index (κ3) is 3.37. The summed E-state index contributed by atoms with van der Waals surface area (Å²) in [5.41, 5.74) is 0. The van der Waals surface area contributed by atoms with Crippen LogP contribution in [0.3, 0.4) is 0 Å². The third-order valence-electron chi connectivity index (χ3n) is 3.11. The average molecular weight is 184 g/mol. The molecular weight excluding hydrogens is 164 g/mol. The minimum absolute atomic E-state index is 0.147. The van der Waals surface area contributed by atoms with E-state index in [0.29, 0.717) is 18.4 Å². The summed E-state index contributed by atoms with van der Waals surface area (Å²) in [6.45, 7) is 6.68. The van der Waals surface area contributed by atoms with Crippen LogP contribution < -0.4 is 0 Å². The van der Waals surface area contributed by atoms with E-state index in [1.807, 2.05) is 0 Å². The molecule has 0 amide bonds. The number of hydrogen-bond acceptors (Lipinski definition) is 2. The van der Waals surface area contributed by atoms with Crippen LogP contribution in [0, 0.1) is 17.8 Å². The van der Waals surface area contributed by atoms with E-state index in [4.69, 9.17) is 4.74 Å². The van der Waals surface area contributed by atoms with E-state index < -0.39 is 0 Å². The summed E-state index contributed by atoms with van der Waals surface area (Å²) in [5.74, 6) is 2.01. The lowest BCUT2D eigenvalue weighted by atomic mass is 9.76. The molecule has 0 aliphatic heterocycles. The molecule has 0 heterocycles. The molecule has 2 heteroatoms. The standard InChI is InChI=1S/C11H20O2/c1-8-4-5-11(9(2)6-8)7-13-10(3)12/h8-9,11H,4-7H2,1-3H3/t8-,9+,11+/m0/s1. The zero-order valence-corrected chi connectivity index (χ0v) is 8.88. The van der Waals surface area contributed by atoms with Crippen molar-refractivity contribution in [1.29, 1.82) is 0 Å². The lowest BCUT2D eigenvalue weighted by Crippen LogP contribution is -2.26. The van der Waals surface area contributed by atoms with Gasteiger partial charge in [0, 0.05) is 6.92 Å². The normalized spacial score (nSPS) is 34.2. The topological polar surface area (TPSA) is 26.3 Å². The number of ether oxygens (including phenoxy) is 1. The third-order valence-corrected chi connectivity index (χ3v) is 3.11. The predicted molar refractivity (Wildman–Crippen MR) is 52.3 cm³/mol. The zero-order valence-electron chi connectivity index (χ0n) is 8.88. The van der Waals surface area contributed by atoms with Gasteiger partial charge in [0.25, 0.3) is 0 Å². The summed E-state index contributed by atoms with van der Waals surface area (Å²) in [6, 6.07) is 0. The molecular formula is C11H20O2. The highest BCUT2D eigenvalue weighted by Gasteiger charge is 2.25. The Morgan fingerprint density at radius 2 is 2.08 bits per heavy atom. The van der Waals surface area contributed by atoms with E-state index in [2.05, 4.69) is 13.8 Å². The molecule has 2 nitrogen and oxygen atoms in total. The largest absolute Gasteiger partial charge is 0.466 e. The molecule has 1 aliphatic carbocycles. The van der Waals surface area contributed by atoms with Crippen molar-refractivity contribution >= 4 is 5.97 Å². The van der Waals surface area contributed by atoms with E-state index in [1.165, 1.54) is 26.2 Å². The summed E-state index contributed by atoms with van der Waals surface area (Å²) in [6.07, 6.45) is 3.79.